The number of hydrogen-bond acceptors (Lipinski definition) is 5. The number of hydrogen-bond donors (Lipinski definition) is 0. The lowest BCUT2D eigenvalue weighted by molar-refractivity contribution is -0.383. The van der Waals surface area contributed by atoms with Crippen LogP contribution in [0.25, 0.3) is 0 Å². The van der Waals surface area contributed by atoms with Gasteiger partial charge in [0.1, 0.15) is 0 Å². The highest BCUT2D eigenvalue weighted by atomic mass is 32.1. The fourth-order valence-corrected chi connectivity index (χ4v) is 3.64. The highest BCUT2D eigenvalue weighted by molar-refractivity contribution is 7.18. The van der Waals surface area contributed by atoms with Crippen molar-refractivity contribution in [2.75, 3.05) is 11.4 Å². The van der Waals surface area contributed by atoms with E-state index >= 15 is 0 Å². The quantitative estimate of drug-likeness (QED) is 0.483. The van der Waals surface area contributed by atoms with Gasteiger partial charge in [-0.15, -0.1) is 11.3 Å². The zero-order chi connectivity index (χ0) is 14.2. The lowest BCUT2D eigenvalue weighted by Gasteiger charge is -2.38. The van der Waals surface area contributed by atoms with E-state index < -0.39 is 0 Å². The molecule has 0 bridgehead atoms. The largest absolute Gasteiger partial charge is 0.355 e. The number of anilines is 1. The van der Waals surface area contributed by atoms with Gasteiger partial charge in [-0.2, -0.15) is 0 Å². The molecule has 0 amide bonds. The van der Waals surface area contributed by atoms with Crippen molar-refractivity contribution in [1.82, 2.24) is 0 Å². The minimum absolute atomic E-state index is 0.0659. The van der Waals surface area contributed by atoms with Gasteiger partial charge in [0.15, 0.2) is 10.8 Å². The monoisotopic (exact) mass is 282 g/mol. The summed E-state index contributed by atoms with van der Waals surface area (Å²) in [5.74, 6) is 0.397. The Morgan fingerprint density at radius 1 is 1.53 bits per heavy atom. The predicted octanol–water partition coefficient (Wildman–Crippen LogP) is 3.48. The third-order valence-electron chi connectivity index (χ3n) is 3.87. The predicted molar refractivity (Wildman–Crippen MR) is 76.2 cm³/mol. The zero-order valence-electron chi connectivity index (χ0n) is 11.4. The number of nitro groups is 1. The molecule has 0 spiro atoms. The molecule has 0 N–H and O–H groups in total. The summed E-state index contributed by atoms with van der Waals surface area (Å²) in [5.41, 5.74) is 0.0659. The van der Waals surface area contributed by atoms with E-state index in [0.717, 1.165) is 19.4 Å². The lowest BCUT2D eigenvalue weighted by Crippen LogP contribution is -2.42. The summed E-state index contributed by atoms with van der Waals surface area (Å²) < 4.78 is 0. The van der Waals surface area contributed by atoms with Crippen LogP contribution in [0.5, 0.6) is 0 Å². The van der Waals surface area contributed by atoms with Gasteiger partial charge in [-0.05, 0) is 32.6 Å². The fraction of sp³-hybridized carbons (Fsp3) is 0.615. The number of ketones is 1. The topological polar surface area (TPSA) is 63.4 Å². The van der Waals surface area contributed by atoms with Crippen molar-refractivity contribution in [3.05, 3.63) is 21.1 Å². The van der Waals surface area contributed by atoms with E-state index in [1.165, 1.54) is 24.3 Å². The maximum atomic E-state index is 11.4. The first-order valence-electron chi connectivity index (χ1n) is 6.47. The molecule has 2 rings (SSSR count). The van der Waals surface area contributed by atoms with Crippen LogP contribution in [0.1, 0.15) is 43.3 Å². The fourth-order valence-electron chi connectivity index (χ4n) is 2.50. The average Bonchev–Trinajstić information content (AvgIpc) is 2.77. The van der Waals surface area contributed by atoms with Crippen molar-refractivity contribution in [3.8, 4) is 0 Å². The van der Waals surface area contributed by atoms with E-state index in [2.05, 4.69) is 18.7 Å². The molecule has 0 aromatic carbocycles. The molecule has 1 aromatic rings. The highest BCUT2D eigenvalue weighted by Crippen LogP contribution is 2.41. The van der Waals surface area contributed by atoms with Gasteiger partial charge >= 0.3 is 5.69 Å². The first kappa shape index (κ1) is 14.0. The summed E-state index contributed by atoms with van der Waals surface area (Å²) in [6, 6.07) is 1.68. The molecule has 2 heterocycles. The van der Waals surface area contributed by atoms with Gasteiger partial charge in [0.25, 0.3) is 0 Å². The van der Waals surface area contributed by atoms with Gasteiger partial charge < -0.3 is 4.90 Å². The molecule has 1 saturated heterocycles. The molecule has 1 aromatic heterocycles. The summed E-state index contributed by atoms with van der Waals surface area (Å²) in [4.78, 5) is 24.8. The van der Waals surface area contributed by atoms with E-state index in [4.69, 9.17) is 0 Å². The summed E-state index contributed by atoms with van der Waals surface area (Å²) >= 11 is 1.24. The molecule has 5 nitrogen and oxygen atoms in total. The molecule has 1 aliphatic heterocycles. The van der Waals surface area contributed by atoms with E-state index in [1.54, 1.807) is 0 Å². The number of Topliss-reactive ketones (excluding diaryl/α,β-unsaturated/α-hetero) is 1. The summed E-state index contributed by atoms with van der Waals surface area (Å²) in [7, 11) is 0. The number of carbonyl (C=O) groups excluding carboxylic acids is 1. The second kappa shape index (κ2) is 5.28. The second-order valence-corrected chi connectivity index (χ2v) is 6.20. The van der Waals surface area contributed by atoms with Crippen LogP contribution in [0.3, 0.4) is 0 Å². The Hall–Kier alpha value is -1.43. The molecule has 104 valence electrons. The van der Waals surface area contributed by atoms with Crippen LogP contribution in [0.2, 0.25) is 0 Å². The molecule has 2 atom stereocenters. The summed E-state index contributed by atoms with van der Waals surface area (Å²) in [5, 5.41) is 11.8. The molecule has 1 fully saturated rings. The minimum Gasteiger partial charge on any atom is -0.355 e. The normalized spacial score (nSPS) is 23.4. The molecule has 1 aliphatic rings. The standard InChI is InChI=1S/C13H18N2O3S/c1-8-5-4-6-14(9(8)2)13-11(15(17)18)7-12(19-13)10(3)16/h7-9H,4-6H2,1-3H3. The Labute approximate surface area is 116 Å². The van der Waals surface area contributed by atoms with Crippen molar-refractivity contribution >= 4 is 27.8 Å². The number of nitrogens with zero attached hydrogens (tertiary/aromatic N) is 2. The Kier molecular flexibility index (Phi) is 3.89. The van der Waals surface area contributed by atoms with Gasteiger partial charge in [-0.25, -0.2) is 0 Å². The van der Waals surface area contributed by atoms with Gasteiger partial charge in [0.2, 0.25) is 0 Å². The molecule has 19 heavy (non-hydrogen) atoms. The smallest absolute Gasteiger partial charge is 0.304 e. The van der Waals surface area contributed by atoms with Crippen LogP contribution in [0.4, 0.5) is 10.7 Å². The van der Waals surface area contributed by atoms with Crippen LogP contribution < -0.4 is 4.90 Å². The Morgan fingerprint density at radius 3 is 2.79 bits per heavy atom. The van der Waals surface area contributed by atoms with Gasteiger partial charge in [-0.3, -0.25) is 14.9 Å². The molecular formula is C13H18N2O3S. The maximum absolute atomic E-state index is 11.4. The summed E-state index contributed by atoms with van der Waals surface area (Å²) in [6.45, 7) is 6.54. The van der Waals surface area contributed by atoms with E-state index in [0.29, 0.717) is 15.8 Å². The van der Waals surface area contributed by atoms with E-state index in [1.807, 2.05) is 0 Å². The van der Waals surface area contributed by atoms with Crippen molar-refractivity contribution in [2.24, 2.45) is 5.92 Å². The Morgan fingerprint density at radius 2 is 2.21 bits per heavy atom. The molecule has 0 aliphatic carbocycles. The third kappa shape index (κ3) is 2.63. The number of piperidine rings is 1. The van der Waals surface area contributed by atoms with Crippen LogP contribution in [-0.2, 0) is 0 Å². The highest BCUT2D eigenvalue weighted by Gasteiger charge is 2.32. The van der Waals surface area contributed by atoms with Gasteiger partial charge in [0, 0.05) is 18.7 Å². The van der Waals surface area contributed by atoms with Gasteiger partial charge in [0.05, 0.1) is 9.80 Å². The SMILES string of the molecule is CC(=O)c1cc([N+](=O)[O-])c(N2CCCC(C)C2C)s1. The zero-order valence-corrected chi connectivity index (χ0v) is 12.2. The van der Waals surface area contributed by atoms with E-state index in [9.17, 15) is 14.9 Å². The first-order valence-corrected chi connectivity index (χ1v) is 7.29. The molecule has 0 radical (unpaired) electrons. The van der Waals surface area contributed by atoms with E-state index in [-0.39, 0.29) is 22.4 Å². The van der Waals surface area contributed by atoms with Gasteiger partial charge in [-0.1, -0.05) is 6.92 Å². The second-order valence-electron chi connectivity index (χ2n) is 5.17. The van der Waals surface area contributed by atoms with Crippen LogP contribution >= 0.6 is 11.3 Å². The Balaban J connectivity index is 2.42. The van der Waals surface area contributed by atoms with Crippen molar-refractivity contribution in [2.45, 2.75) is 39.7 Å². The lowest BCUT2D eigenvalue weighted by atomic mass is 9.92. The number of thiophene rings is 1. The molecule has 2 unspecified atom stereocenters. The average molecular weight is 282 g/mol. The van der Waals surface area contributed by atoms with Crippen molar-refractivity contribution in [1.29, 1.82) is 0 Å². The number of rotatable bonds is 3. The van der Waals surface area contributed by atoms with Crippen molar-refractivity contribution in [3.63, 3.8) is 0 Å². The Bertz CT molecular complexity index is 512. The van der Waals surface area contributed by atoms with Crippen LogP contribution in [0, 0.1) is 16.0 Å². The first-order chi connectivity index (χ1) is 8.91. The van der Waals surface area contributed by atoms with Crippen LogP contribution in [0.15, 0.2) is 6.07 Å². The third-order valence-corrected chi connectivity index (χ3v) is 5.13. The molecule has 6 heteroatoms. The van der Waals surface area contributed by atoms with Crippen molar-refractivity contribution < 1.29 is 9.72 Å². The molecule has 0 saturated carbocycles. The summed E-state index contributed by atoms with van der Waals surface area (Å²) in [6.07, 6.45) is 2.19. The molecular weight excluding hydrogens is 264 g/mol. The minimum atomic E-state index is -0.385. The maximum Gasteiger partial charge on any atom is 0.304 e. The van der Waals surface area contributed by atoms with Crippen LogP contribution in [-0.4, -0.2) is 23.3 Å². The number of carbonyl (C=O) groups is 1.